The second kappa shape index (κ2) is 5.51. The molecule has 0 aromatic heterocycles. The number of hydrogen-bond donors (Lipinski definition) is 1. The first-order valence-corrected chi connectivity index (χ1v) is 7.45. The van der Waals surface area contributed by atoms with E-state index < -0.39 is 0 Å². The van der Waals surface area contributed by atoms with Gasteiger partial charge in [-0.2, -0.15) is 0 Å². The maximum atomic E-state index is 12.1. The molecule has 1 aliphatic carbocycles. The minimum Gasteiger partial charge on any atom is -0.370 e. The fourth-order valence-electron chi connectivity index (χ4n) is 2.25. The Kier molecular flexibility index (Phi) is 3.75. The van der Waals surface area contributed by atoms with Crippen molar-refractivity contribution in [3.8, 4) is 0 Å². The lowest BCUT2D eigenvalue weighted by Crippen LogP contribution is -2.47. The Morgan fingerprint density at radius 2 is 2.16 bits per heavy atom. The summed E-state index contributed by atoms with van der Waals surface area (Å²) in [5.41, 5.74) is 1.10. The van der Waals surface area contributed by atoms with Crippen LogP contribution in [0.3, 0.4) is 0 Å². The zero-order chi connectivity index (χ0) is 13.2. The summed E-state index contributed by atoms with van der Waals surface area (Å²) >= 11 is 3.54. The van der Waals surface area contributed by atoms with E-state index in [1.165, 1.54) is 0 Å². The zero-order valence-electron chi connectivity index (χ0n) is 10.6. The lowest BCUT2D eigenvalue weighted by molar-refractivity contribution is -0.0158. The number of urea groups is 1. The number of morpholine rings is 1. The number of nitrogens with one attached hydrogen (secondary N) is 1. The molecular formula is C14H17BrN2O2. The van der Waals surface area contributed by atoms with Gasteiger partial charge >= 0.3 is 6.03 Å². The molecule has 1 aromatic carbocycles. The third-order valence-corrected chi connectivity index (χ3v) is 4.23. The van der Waals surface area contributed by atoms with Crippen molar-refractivity contribution in [3.05, 3.63) is 34.3 Å². The number of rotatable bonds is 2. The lowest BCUT2D eigenvalue weighted by Gasteiger charge is -2.33. The average Bonchev–Trinajstić information content (AvgIpc) is 3.23. The smallest absolute Gasteiger partial charge is 0.317 e. The van der Waals surface area contributed by atoms with Crippen molar-refractivity contribution in [3.63, 3.8) is 0 Å². The molecule has 19 heavy (non-hydrogen) atoms. The van der Waals surface area contributed by atoms with Crippen LogP contribution in [0.1, 0.15) is 24.5 Å². The summed E-state index contributed by atoms with van der Waals surface area (Å²) in [7, 11) is 0. The lowest BCUT2D eigenvalue weighted by atomic mass is 10.1. The van der Waals surface area contributed by atoms with Crippen molar-refractivity contribution >= 4 is 22.0 Å². The van der Waals surface area contributed by atoms with Crippen LogP contribution in [0.25, 0.3) is 0 Å². The monoisotopic (exact) mass is 324 g/mol. The summed E-state index contributed by atoms with van der Waals surface area (Å²) in [5, 5.41) is 3.03. The number of amides is 2. The molecule has 3 rings (SSSR count). The molecule has 1 atom stereocenters. The standard InChI is InChI=1S/C14H17BrN2O2/c15-12-4-2-1-3-11(12)13-9-17(7-8-19-13)14(18)16-10-5-6-10/h1-4,10,13H,5-9H2,(H,16,18)/t13-/m1/s1. The Labute approximate surface area is 121 Å². The third-order valence-electron chi connectivity index (χ3n) is 3.51. The highest BCUT2D eigenvalue weighted by atomic mass is 79.9. The quantitative estimate of drug-likeness (QED) is 0.908. The van der Waals surface area contributed by atoms with E-state index in [1.807, 2.05) is 29.2 Å². The number of benzene rings is 1. The molecule has 2 amide bonds. The van der Waals surface area contributed by atoms with E-state index in [1.54, 1.807) is 0 Å². The zero-order valence-corrected chi connectivity index (χ0v) is 12.2. The van der Waals surface area contributed by atoms with Gasteiger partial charge in [0.1, 0.15) is 6.10 Å². The molecule has 4 nitrogen and oxygen atoms in total. The minimum atomic E-state index is -0.0470. The fourth-order valence-corrected chi connectivity index (χ4v) is 2.79. The Morgan fingerprint density at radius 1 is 1.37 bits per heavy atom. The predicted molar refractivity (Wildman–Crippen MR) is 76.0 cm³/mol. The summed E-state index contributed by atoms with van der Waals surface area (Å²) in [6, 6.07) is 8.46. The number of nitrogens with zero attached hydrogens (tertiary/aromatic N) is 1. The summed E-state index contributed by atoms with van der Waals surface area (Å²) < 4.78 is 6.83. The largest absolute Gasteiger partial charge is 0.370 e. The third kappa shape index (κ3) is 3.09. The molecule has 2 fully saturated rings. The van der Waals surface area contributed by atoms with Gasteiger partial charge in [0.15, 0.2) is 0 Å². The van der Waals surface area contributed by atoms with Crippen LogP contribution in [0, 0.1) is 0 Å². The first-order chi connectivity index (χ1) is 9.24. The van der Waals surface area contributed by atoms with Crippen LogP contribution in [-0.4, -0.2) is 36.7 Å². The highest BCUT2D eigenvalue weighted by Gasteiger charge is 2.30. The van der Waals surface area contributed by atoms with Gasteiger partial charge in [-0.15, -0.1) is 0 Å². The van der Waals surface area contributed by atoms with Crippen molar-refractivity contribution in [2.24, 2.45) is 0 Å². The van der Waals surface area contributed by atoms with Crippen LogP contribution in [0.2, 0.25) is 0 Å². The number of halogens is 1. The van der Waals surface area contributed by atoms with Gasteiger partial charge in [0.05, 0.1) is 13.2 Å². The van der Waals surface area contributed by atoms with Crippen molar-refractivity contribution in [2.75, 3.05) is 19.7 Å². The van der Waals surface area contributed by atoms with Gasteiger partial charge in [-0.05, 0) is 24.5 Å². The van der Waals surface area contributed by atoms with E-state index in [4.69, 9.17) is 4.74 Å². The van der Waals surface area contributed by atoms with Crippen LogP contribution in [0.4, 0.5) is 4.79 Å². The van der Waals surface area contributed by atoms with Crippen LogP contribution in [0.5, 0.6) is 0 Å². The molecular weight excluding hydrogens is 308 g/mol. The molecule has 1 N–H and O–H groups in total. The van der Waals surface area contributed by atoms with Crippen molar-refractivity contribution in [2.45, 2.75) is 25.0 Å². The van der Waals surface area contributed by atoms with Gasteiger partial charge in [-0.1, -0.05) is 34.1 Å². The maximum absolute atomic E-state index is 12.1. The van der Waals surface area contributed by atoms with E-state index in [2.05, 4.69) is 21.2 Å². The Balaban J connectivity index is 1.67. The molecule has 1 aromatic rings. The predicted octanol–water partition coefficient (Wildman–Crippen LogP) is 2.69. The first kappa shape index (κ1) is 12.9. The molecule has 1 aliphatic heterocycles. The SMILES string of the molecule is O=C(NC1CC1)N1CCO[C@@H](c2ccccc2Br)C1. The van der Waals surface area contributed by atoms with Crippen molar-refractivity contribution in [1.82, 2.24) is 10.2 Å². The summed E-state index contributed by atoms with van der Waals surface area (Å²) in [6.45, 7) is 1.87. The summed E-state index contributed by atoms with van der Waals surface area (Å²) in [5.74, 6) is 0. The fraction of sp³-hybridized carbons (Fsp3) is 0.500. The maximum Gasteiger partial charge on any atom is 0.317 e. The van der Waals surface area contributed by atoms with Crippen LogP contribution in [0.15, 0.2) is 28.7 Å². The molecule has 0 spiro atoms. The first-order valence-electron chi connectivity index (χ1n) is 6.65. The van der Waals surface area contributed by atoms with Crippen molar-refractivity contribution in [1.29, 1.82) is 0 Å². The second-order valence-electron chi connectivity index (χ2n) is 5.05. The van der Waals surface area contributed by atoms with Crippen LogP contribution in [-0.2, 0) is 4.74 Å². The van der Waals surface area contributed by atoms with E-state index in [0.717, 1.165) is 22.9 Å². The normalized spacial score (nSPS) is 23.2. The molecule has 1 saturated heterocycles. The number of hydrogen-bond acceptors (Lipinski definition) is 2. The molecule has 1 heterocycles. The number of carbonyl (C=O) groups is 1. The molecule has 5 heteroatoms. The number of ether oxygens (including phenoxy) is 1. The second-order valence-corrected chi connectivity index (χ2v) is 5.91. The van der Waals surface area contributed by atoms with Gasteiger partial charge in [0, 0.05) is 17.1 Å². The van der Waals surface area contributed by atoms with E-state index in [0.29, 0.717) is 25.7 Å². The molecule has 0 unspecified atom stereocenters. The summed E-state index contributed by atoms with van der Waals surface area (Å²) in [6.07, 6.45) is 2.18. The molecule has 1 saturated carbocycles. The molecule has 102 valence electrons. The minimum absolute atomic E-state index is 0.0443. The molecule has 0 bridgehead atoms. The van der Waals surface area contributed by atoms with Gasteiger partial charge in [0.2, 0.25) is 0 Å². The van der Waals surface area contributed by atoms with Crippen LogP contribution < -0.4 is 5.32 Å². The van der Waals surface area contributed by atoms with Gasteiger partial charge < -0.3 is 15.0 Å². The Bertz CT molecular complexity index is 476. The van der Waals surface area contributed by atoms with Crippen molar-refractivity contribution < 1.29 is 9.53 Å². The topological polar surface area (TPSA) is 41.6 Å². The van der Waals surface area contributed by atoms with Gasteiger partial charge in [-0.3, -0.25) is 0 Å². The average molecular weight is 325 g/mol. The highest BCUT2D eigenvalue weighted by molar-refractivity contribution is 9.10. The van der Waals surface area contributed by atoms with E-state index in [9.17, 15) is 4.79 Å². The van der Waals surface area contributed by atoms with Gasteiger partial charge in [-0.25, -0.2) is 4.79 Å². The molecule has 0 radical (unpaired) electrons. The molecule has 2 aliphatic rings. The Morgan fingerprint density at radius 3 is 2.89 bits per heavy atom. The highest BCUT2D eigenvalue weighted by Crippen LogP contribution is 2.29. The van der Waals surface area contributed by atoms with E-state index in [-0.39, 0.29) is 12.1 Å². The Hall–Kier alpha value is -1.07. The van der Waals surface area contributed by atoms with Gasteiger partial charge in [0.25, 0.3) is 0 Å². The van der Waals surface area contributed by atoms with Crippen LogP contribution >= 0.6 is 15.9 Å². The van der Waals surface area contributed by atoms with E-state index >= 15 is 0 Å². The number of carbonyl (C=O) groups excluding carboxylic acids is 1. The summed E-state index contributed by atoms with van der Waals surface area (Å²) in [4.78, 5) is 13.9.